The molecule has 5 rings (SSSR count). The average Bonchev–Trinajstić information content (AvgIpc) is 3.05. The third-order valence-corrected chi connectivity index (χ3v) is 9.76. The zero-order valence-electron chi connectivity index (χ0n) is 18.7. The molecule has 1 aliphatic rings. The van der Waals surface area contributed by atoms with Gasteiger partial charge < -0.3 is 0 Å². The van der Waals surface area contributed by atoms with Crippen LogP contribution in [0.25, 0.3) is 33.4 Å². The summed E-state index contributed by atoms with van der Waals surface area (Å²) in [6.45, 7) is 0. The maximum absolute atomic E-state index is 11.3. The molecule has 0 saturated heterocycles. The summed E-state index contributed by atoms with van der Waals surface area (Å²) in [5.41, 5.74) is 3.95. The van der Waals surface area contributed by atoms with E-state index in [-0.39, 0.29) is 9.79 Å². The summed E-state index contributed by atoms with van der Waals surface area (Å²) in [4.78, 5) is 0.218. The van der Waals surface area contributed by atoms with Gasteiger partial charge in [-0.25, -0.2) is 0 Å². The van der Waals surface area contributed by atoms with E-state index in [1.165, 1.54) is 48.5 Å². The fraction of sp³-hybridized carbons (Fsp3) is 0. The zero-order valence-corrected chi connectivity index (χ0v) is 21.1. The second-order valence-electron chi connectivity index (χ2n) is 8.42. The first-order chi connectivity index (χ1) is 16.8. The monoisotopic (exact) mass is 536 g/mol. The van der Waals surface area contributed by atoms with Gasteiger partial charge in [0.05, 0.1) is 0 Å². The Kier molecular flexibility index (Phi) is 6.00. The number of fused-ring (bicyclic) bond motifs is 3. The normalized spacial score (nSPS) is 15.3. The first-order valence-electron chi connectivity index (χ1n) is 10.5. The van der Waals surface area contributed by atoms with Crippen molar-refractivity contribution in [3.63, 3.8) is 0 Å². The number of hydrogen-bond donors (Lipinski definition) is 4. The molecule has 1 aliphatic heterocycles. The van der Waals surface area contributed by atoms with Gasteiger partial charge in [0, 0.05) is 0 Å². The Morgan fingerprint density at radius 3 is 1.53 bits per heavy atom. The van der Waals surface area contributed by atoms with Gasteiger partial charge in [-0.3, -0.25) is 0 Å². The molecule has 0 fully saturated rings. The van der Waals surface area contributed by atoms with E-state index in [1.54, 1.807) is 24.3 Å². The molecular weight excluding hydrogens is 519 g/mol. The summed E-state index contributed by atoms with van der Waals surface area (Å²) in [6, 6.07) is 20.0. The second kappa shape index (κ2) is 8.56. The Balaban J connectivity index is 1.58. The van der Waals surface area contributed by atoms with Crippen molar-refractivity contribution in [3.8, 4) is 33.4 Å². The van der Waals surface area contributed by atoms with Crippen LogP contribution in [-0.2, 0) is 20.2 Å². The van der Waals surface area contributed by atoms with Crippen molar-refractivity contribution < 1.29 is 35.0 Å². The predicted octanol–water partition coefficient (Wildman–Crippen LogP) is 4.46. The van der Waals surface area contributed by atoms with Crippen molar-refractivity contribution >= 4 is 52.8 Å². The Morgan fingerprint density at radius 2 is 1.03 bits per heavy atom. The molecule has 0 amide bonds. The molecule has 0 aromatic heterocycles. The van der Waals surface area contributed by atoms with E-state index in [1.807, 2.05) is 23.8 Å². The predicted molar refractivity (Wildman–Crippen MR) is 137 cm³/mol. The van der Waals surface area contributed by atoms with Crippen molar-refractivity contribution in [2.45, 2.75) is 19.6 Å². The van der Waals surface area contributed by atoms with Crippen molar-refractivity contribution in [1.29, 1.82) is 0 Å². The first kappa shape index (κ1) is 25.2. The Labute approximate surface area is 218 Å². The van der Waals surface area contributed by atoms with Gasteiger partial charge in [0.25, 0.3) is 0 Å². The summed E-state index contributed by atoms with van der Waals surface area (Å²) in [5, 5.41) is 0. The van der Waals surface area contributed by atoms with E-state index in [0.29, 0.717) is 43.2 Å². The molecule has 12 heteroatoms. The van der Waals surface area contributed by atoms with Crippen molar-refractivity contribution in [3.05, 3.63) is 78.9 Å². The molecule has 0 saturated carbocycles. The maximum atomic E-state index is 11.3. The van der Waals surface area contributed by atoms with Crippen LogP contribution >= 0.6 is 10.6 Å². The molecule has 0 unspecified atom stereocenters. The van der Waals surface area contributed by atoms with Gasteiger partial charge in [-0.15, -0.1) is 0 Å². The molecule has 36 heavy (non-hydrogen) atoms. The Bertz CT molecular complexity index is 1750. The van der Waals surface area contributed by atoms with Crippen LogP contribution in [0.4, 0.5) is 0 Å². The second-order valence-corrected chi connectivity index (χ2v) is 13.2. The van der Waals surface area contributed by atoms with Gasteiger partial charge in [-0.1, -0.05) is 0 Å². The molecule has 0 atom stereocenters. The van der Waals surface area contributed by atoms with Crippen LogP contribution in [0, 0.1) is 0 Å². The van der Waals surface area contributed by atoms with Crippen LogP contribution in [0.5, 0.6) is 0 Å². The van der Waals surface area contributed by atoms with Gasteiger partial charge >= 0.3 is 220 Å². The van der Waals surface area contributed by atoms with Crippen LogP contribution < -0.4 is 4.24 Å². The van der Waals surface area contributed by atoms with Crippen molar-refractivity contribution in [2.24, 2.45) is 0 Å². The molecule has 0 aliphatic carbocycles. The van der Waals surface area contributed by atoms with Gasteiger partial charge in [0.1, 0.15) is 0 Å². The molecule has 8 nitrogen and oxygen atoms in total. The summed E-state index contributed by atoms with van der Waals surface area (Å²) in [6.07, 6.45) is 0. The molecule has 4 N–H and O–H groups in total. The van der Waals surface area contributed by atoms with Gasteiger partial charge in [-0.2, -0.15) is 0 Å². The molecule has 180 valence electrons. The third kappa shape index (κ3) is 4.33. The van der Waals surface area contributed by atoms with E-state index in [4.69, 9.17) is 0 Å². The molecular formula is C24H17LiO8S3. The van der Waals surface area contributed by atoms with E-state index in [0.717, 1.165) is 4.24 Å². The third-order valence-electron chi connectivity index (χ3n) is 6.13. The van der Waals surface area contributed by atoms with E-state index >= 15 is 0 Å². The molecule has 4 aromatic rings. The zero-order chi connectivity index (χ0) is 26.0. The quantitative estimate of drug-likeness (QED) is 0.221. The van der Waals surface area contributed by atoms with Gasteiger partial charge in [0.2, 0.25) is 0 Å². The summed E-state index contributed by atoms with van der Waals surface area (Å²) in [5.74, 6) is 0. The van der Waals surface area contributed by atoms with E-state index in [9.17, 15) is 35.0 Å². The molecule has 4 aromatic carbocycles. The summed E-state index contributed by atoms with van der Waals surface area (Å²) in [7, 11) is -12.0. The number of hydrogen-bond acceptors (Lipinski definition) is 6. The van der Waals surface area contributed by atoms with Crippen molar-refractivity contribution in [1.82, 2.24) is 0 Å². The fourth-order valence-electron chi connectivity index (χ4n) is 4.39. The minimum atomic E-state index is -4.33. The fourth-order valence-corrected chi connectivity index (χ4v) is 7.20. The number of rotatable bonds is 4. The van der Waals surface area contributed by atoms with Crippen LogP contribution in [0.2, 0.25) is 0 Å². The van der Waals surface area contributed by atoms with Gasteiger partial charge in [0.15, 0.2) is 0 Å². The Hall–Kier alpha value is -2.43. The SMILES string of the molecule is [Li][c]1cc(-c2ccc(S(=O)(=O)O)cc2)cc2c1-c1ccc(-c3ccc(S(=O)(=O)O)cc3)cc1S2(O)O. The van der Waals surface area contributed by atoms with Crippen LogP contribution in [0.15, 0.2) is 98.4 Å². The first-order valence-corrected chi connectivity index (χ1v) is 14.9. The molecule has 0 spiro atoms. The van der Waals surface area contributed by atoms with Crippen molar-refractivity contribution in [2.75, 3.05) is 0 Å². The Morgan fingerprint density at radius 1 is 0.583 bits per heavy atom. The molecule has 1 heterocycles. The van der Waals surface area contributed by atoms with Crippen LogP contribution in [-0.4, -0.2) is 52.8 Å². The average molecular weight is 537 g/mol. The van der Waals surface area contributed by atoms with Crippen LogP contribution in [0.1, 0.15) is 0 Å². The van der Waals surface area contributed by atoms with Crippen LogP contribution in [0.3, 0.4) is 0 Å². The standard InChI is InChI=1S/C24H17O8S3.Li/c25-33(26)23-13-17(15-1-7-19(8-2-15)34(27,28)29)5-11-21(23)22-12-6-18(14-24(22)33)16-3-9-20(10-4-16)35(30,31)32;/h1-11,13-14,25-26H,(H,27,28,29)(H,30,31,32);. The topological polar surface area (TPSA) is 149 Å². The van der Waals surface area contributed by atoms with E-state index < -0.39 is 30.8 Å². The number of benzene rings is 4. The molecule has 0 bridgehead atoms. The minimum absolute atomic E-state index is 0.238. The molecule has 0 radical (unpaired) electrons. The van der Waals surface area contributed by atoms with Gasteiger partial charge in [-0.05, 0) is 0 Å². The van der Waals surface area contributed by atoms with E-state index in [2.05, 4.69) is 0 Å². The summed E-state index contributed by atoms with van der Waals surface area (Å²) >= 11 is 1.85. The summed E-state index contributed by atoms with van der Waals surface area (Å²) < 4.78 is 87.1.